The van der Waals surface area contributed by atoms with Crippen molar-refractivity contribution in [2.75, 3.05) is 11.9 Å². The van der Waals surface area contributed by atoms with E-state index < -0.39 is 8.32 Å². The van der Waals surface area contributed by atoms with E-state index in [1.165, 1.54) is 22.3 Å². The van der Waals surface area contributed by atoms with Crippen molar-refractivity contribution in [3.05, 3.63) is 58.7 Å². The SMILES string of the molecule is Cc1ccc2c(c1)CCC(CNC(=O)Nc1cccc3c1CC(O[Si](C)(C)C(C)(C)C)CC3)O2. The average molecular weight is 481 g/mol. The van der Waals surface area contributed by atoms with Gasteiger partial charge in [0.05, 0.1) is 6.54 Å². The van der Waals surface area contributed by atoms with Gasteiger partial charge in [-0.1, -0.05) is 50.6 Å². The Morgan fingerprint density at radius 2 is 1.88 bits per heavy atom. The number of benzene rings is 2. The van der Waals surface area contributed by atoms with Crippen molar-refractivity contribution in [2.45, 2.75) is 90.1 Å². The van der Waals surface area contributed by atoms with Crippen molar-refractivity contribution in [2.24, 2.45) is 0 Å². The smallest absolute Gasteiger partial charge is 0.319 e. The van der Waals surface area contributed by atoms with E-state index >= 15 is 0 Å². The molecule has 5 nitrogen and oxygen atoms in total. The van der Waals surface area contributed by atoms with Gasteiger partial charge in [0.25, 0.3) is 0 Å². The largest absolute Gasteiger partial charge is 0.488 e. The van der Waals surface area contributed by atoms with Crippen LogP contribution in [0.5, 0.6) is 5.75 Å². The maximum atomic E-state index is 12.8. The summed E-state index contributed by atoms with van der Waals surface area (Å²) < 4.78 is 12.8. The van der Waals surface area contributed by atoms with Crippen LogP contribution in [0.15, 0.2) is 36.4 Å². The second kappa shape index (κ2) is 9.74. The summed E-state index contributed by atoms with van der Waals surface area (Å²) in [6.07, 6.45) is 4.96. The molecule has 34 heavy (non-hydrogen) atoms. The molecule has 2 amide bonds. The first kappa shape index (κ1) is 24.8. The van der Waals surface area contributed by atoms with E-state index in [0.717, 1.165) is 43.5 Å². The van der Waals surface area contributed by atoms with Crippen molar-refractivity contribution >= 4 is 20.0 Å². The fraction of sp³-hybridized carbons (Fsp3) is 0.536. The number of anilines is 1. The highest BCUT2D eigenvalue weighted by atomic mass is 28.4. The van der Waals surface area contributed by atoms with Gasteiger partial charge in [-0.15, -0.1) is 0 Å². The number of nitrogens with one attached hydrogen (secondary N) is 2. The molecule has 2 atom stereocenters. The van der Waals surface area contributed by atoms with Gasteiger partial charge < -0.3 is 19.8 Å². The van der Waals surface area contributed by atoms with Crippen LogP contribution in [0.3, 0.4) is 0 Å². The van der Waals surface area contributed by atoms with Crippen LogP contribution in [0.1, 0.15) is 55.9 Å². The monoisotopic (exact) mass is 480 g/mol. The summed E-state index contributed by atoms with van der Waals surface area (Å²) in [7, 11) is -1.84. The van der Waals surface area contributed by atoms with Gasteiger partial charge in [-0.25, -0.2) is 4.79 Å². The van der Waals surface area contributed by atoms with E-state index in [2.05, 4.69) is 69.6 Å². The predicted octanol–water partition coefficient (Wildman–Crippen LogP) is 6.39. The number of urea groups is 1. The molecule has 2 aliphatic rings. The number of rotatable bonds is 5. The molecule has 6 heteroatoms. The number of hydrogen-bond donors (Lipinski definition) is 2. The standard InChI is InChI=1S/C28H40N2O3Si/c1-19-10-15-26-21(16-19)12-14-23(32-26)18-29-27(31)30-25-9-7-8-20-11-13-22(17-24(20)25)33-34(5,6)28(2,3)4/h7-10,15-16,22-23H,11-14,17-18H2,1-6H3,(H2,29,30,31). The molecule has 1 aliphatic heterocycles. The molecule has 0 saturated carbocycles. The molecule has 2 unspecified atom stereocenters. The molecule has 2 aromatic rings. The van der Waals surface area contributed by atoms with Gasteiger partial charge >= 0.3 is 6.03 Å². The highest BCUT2D eigenvalue weighted by Gasteiger charge is 2.40. The lowest BCUT2D eigenvalue weighted by atomic mass is 9.88. The summed E-state index contributed by atoms with van der Waals surface area (Å²) in [5.41, 5.74) is 5.93. The zero-order valence-electron chi connectivity index (χ0n) is 21.6. The number of carbonyl (C=O) groups is 1. The zero-order valence-corrected chi connectivity index (χ0v) is 22.6. The third-order valence-electron chi connectivity index (χ3n) is 7.69. The number of ether oxygens (including phenoxy) is 1. The van der Waals surface area contributed by atoms with Gasteiger partial charge in [0.2, 0.25) is 0 Å². The first-order valence-corrected chi connectivity index (χ1v) is 15.5. The van der Waals surface area contributed by atoms with Gasteiger partial charge in [0, 0.05) is 11.8 Å². The van der Waals surface area contributed by atoms with Crippen LogP contribution < -0.4 is 15.4 Å². The van der Waals surface area contributed by atoms with E-state index in [9.17, 15) is 4.79 Å². The summed E-state index contributed by atoms with van der Waals surface area (Å²) in [6.45, 7) is 14.1. The zero-order chi connectivity index (χ0) is 24.5. The number of carbonyl (C=O) groups excluding carboxylic acids is 1. The molecular formula is C28H40N2O3Si. The van der Waals surface area contributed by atoms with Crippen LogP contribution in [0.4, 0.5) is 10.5 Å². The maximum absolute atomic E-state index is 12.8. The molecule has 0 saturated heterocycles. The minimum atomic E-state index is -1.84. The van der Waals surface area contributed by atoms with Gasteiger partial charge in [-0.2, -0.15) is 0 Å². The number of amides is 2. The molecule has 0 bridgehead atoms. The summed E-state index contributed by atoms with van der Waals surface area (Å²) in [5, 5.41) is 6.31. The Morgan fingerprint density at radius 1 is 1.12 bits per heavy atom. The van der Waals surface area contributed by atoms with Crippen LogP contribution in [0, 0.1) is 6.92 Å². The van der Waals surface area contributed by atoms with E-state index in [0.29, 0.717) is 6.54 Å². The second-order valence-corrected chi connectivity index (χ2v) is 16.2. The molecule has 2 aromatic carbocycles. The minimum Gasteiger partial charge on any atom is -0.488 e. The third-order valence-corrected chi connectivity index (χ3v) is 12.2. The third kappa shape index (κ3) is 5.66. The van der Waals surface area contributed by atoms with Gasteiger partial charge in [-0.3, -0.25) is 0 Å². The molecule has 184 valence electrons. The Labute approximate surface area is 205 Å². The Morgan fingerprint density at radius 3 is 2.65 bits per heavy atom. The highest BCUT2D eigenvalue weighted by Crippen LogP contribution is 2.39. The molecule has 0 radical (unpaired) electrons. The lowest BCUT2D eigenvalue weighted by Gasteiger charge is -2.40. The van der Waals surface area contributed by atoms with Crippen LogP contribution >= 0.6 is 0 Å². The fourth-order valence-corrected chi connectivity index (χ4v) is 6.05. The first-order valence-electron chi connectivity index (χ1n) is 12.6. The van der Waals surface area contributed by atoms with Crippen LogP contribution in [-0.4, -0.2) is 33.1 Å². The van der Waals surface area contributed by atoms with E-state index in [1.807, 2.05) is 18.2 Å². The van der Waals surface area contributed by atoms with Gasteiger partial charge in [0.1, 0.15) is 11.9 Å². The van der Waals surface area contributed by atoms with E-state index in [-0.39, 0.29) is 23.3 Å². The fourth-order valence-electron chi connectivity index (χ4n) is 4.66. The number of hydrogen-bond acceptors (Lipinski definition) is 3. The van der Waals surface area contributed by atoms with Crippen molar-refractivity contribution in [1.82, 2.24) is 5.32 Å². The topological polar surface area (TPSA) is 59.6 Å². The molecule has 1 aliphatic carbocycles. The summed E-state index contributed by atoms with van der Waals surface area (Å²) in [4.78, 5) is 12.8. The normalized spacial score (nSPS) is 20.1. The summed E-state index contributed by atoms with van der Waals surface area (Å²) in [5.74, 6) is 0.939. The summed E-state index contributed by atoms with van der Waals surface area (Å²) >= 11 is 0. The lowest BCUT2D eigenvalue weighted by molar-refractivity contribution is 0.165. The molecule has 4 rings (SSSR count). The number of aryl methyl sites for hydroxylation is 3. The van der Waals surface area contributed by atoms with E-state index in [1.54, 1.807) is 0 Å². The second-order valence-electron chi connectivity index (χ2n) is 11.4. The van der Waals surface area contributed by atoms with Crippen molar-refractivity contribution in [3.63, 3.8) is 0 Å². The Bertz CT molecular complexity index is 1040. The quantitative estimate of drug-likeness (QED) is 0.488. The van der Waals surface area contributed by atoms with Crippen molar-refractivity contribution in [3.8, 4) is 5.75 Å². The van der Waals surface area contributed by atoms with Gasteiger partial charge in [-0.05, 0) is 86.0 Å². The van der Waals surface area contributed by atoms with E-state index in [4.69, 9.17) is 9.16 Å². The maximum Gasteiger partial charge on any atom is 0.319 e. The Balaban J connectivity index is 1.35. The highest BCUT2D eigenvalue weighted by molar-refractivity contribution is 6.74. The minimum absolute atomic E-state index is 0.00647. The van der Waals surface area contributed by atoms with Crippen molar-refractivity contribution in [1.29, 1.82) is 0 Å². The molecule has 0 fully saturated rings. The molecule has 0 spiro atoms. The van der Waals surface area contributed by atoms with Crippen LogP contribution in [0.25, 0.3) is 0 Å². The van der Waals surface area contributed by atoms with Gasteiger partial charge in [0.15, 0.2) is 8.32 Å². The Hall–Kier alpha value is -2.31. The molecule has 2 N–H and O–H groups in total. The lowest BCUT2D eigenvalue weighted by Crippen LogP contribution is -2.45. The molecule has 1 heterocycles. The van der Waals surface area contributed by atoms with Crippen LogP contribution in [-0.2, 0) is 23.7 Å². The first-order chi connectivity index (χ1) is 16.0. The van der Waals surface area contributed by atoms with Crippen molar-refractivity contribution < 1.29 is 14.0 Å². The Kier molecular flexibility index (Phi) is 7.11. The molecule has 0 aromatic heterocycles. The summed E-state index contributed by atoms with van der Waals surface area (Å²) in [6, 6.07) is 12.3. The number of fused-ring (bicyclic) bond motifs is 2. The predicted molar refractivity (Wildman–Crippen MR) is 141 cm³/mol. The molecular weight excluding hydrogens is 440 g/mol. The van der Waals surface area contributed by atoms with Crippen LogP contribution in [0.2, 0.25) is 18.1 Å². The average Bonchev–Trinajstić information content (AvgIpc) is 2.77.